The van der Waals surface area contributed by atoms with Crippen LogP contribution in [0.1, 0.15) is 70.7 Å². The number of nitrogens with one attached hydrogen (secondary N) is 1. The molecule has 1 nitrogen and oxygen atoms in total. The van der Waals surface area contributed by atoms with Gasteiger partial charge in [-0.1, -0.05) is 226 Å². The number of hydrogen-bond donors (Lipinski definition) is 1. The summed E-state index contributed by atoms with van der Waals surface area (Å²) in [6.45, 7) is 4.75. The summed E-state index contributed by atoms with van der Waals surface area (Å²) in [4.78, 5) is 0. The van der Waals surface area contributed by atoms with Crippen molar-refractivity contribution in [2.24, 2.45) is 0 Å². The van der Waals surface area contributed by atoms with Crippen LogP contribution >= 0.6 is 0 Å². The van der Waals surface area contributed by atoms with Gasteiger partial charge >= 0.3 is 0 Å². The molecule has 0 aromatic heterocycles. The Kier molecular flexibility index (Phi) is 9.50. The average Bonchev–Trinajstić information content (AvgIpc) is 3.77. The van der Waals surface area contributed by atoms with Crippen LogP contribution in [0.5, 0.6) is 0 Å². The third kappa shape index (κ3) is 6.42. The van der Waals surface area contributed by atoms with E-state index in [9.17, 15) is 0 Å². The quantitative estimate of drug-likeness (QED) is 0.133. The summed E-state index contributed by atoms with van der Waals surface area (Å²) in [5.74, 6) is 0.241. The molecule has 2 aliphatic rings. The molecule has 2 aliphatic carbocycles. The van der Waals surface area contributed by atoms with Crippen molar-refractivity contribution in [3.8, 4) is 55.6 Å². The molecule has 0 saturated carbocycles. The van der Waals surface area contributed by atoms with Crippen LogP contribution in [0, 0.1) is 5.41 Å². The molecule has 1 N–H and O–H groups in total. The monoisotopic (exact) mass is 807 g/mol. The molecular weight excluding hydrogens is 759 g/mol. The zero-order chi connectivity index (χ0) is 42.5. The Morgan fingerprint density at radius 3 is 1.68 bits per heavy atom. The van der Waals surface area contributed by atoms with E-state index in [0.29, 0.717) is 0 Å². The maximum atomic E-state index is 9.14. The van der Waals surface area contributed by atoms with Gasteiger partial charge in [-0.2, -0.15) is 0 Å². The van der Waals surface area contributed by atoms with Crippen molar-refractivity contribution in [2.45, 2.75) is 43.4 Å². The summed E-state index contributed by atoms with van der Waals surface area (Å²) in [5.41, 5.74) is 21.9. The van der Waals surface area contributed by atoms with Crippen LogP contribution in [0.4, 0.5) is 0 Å². The molecular formula is C62H49N. The van der Waals surface area contributed by atoms with Crippen LogP contribution in [0.25, 0.3) is 55.6 Å². The van der Waals surface area contributed by atoms with Gasteiger partial charge in [0.1, 0.15) is 0 Å². The van der Waals surface area contributed by atoms with Crippen molar-refractivity contribution in [2.75, 3.05) is 0 Å². The van der Waals surface area contributed by atoms with E-state index >= 15 is 0 Å². The van der Waals surface area contributed by atoms with Crippen molar-refractivity contribution < 1.29 is 0 Å². The van der Waals surface area contributed by atoms with E-state index in [1.54, 1.807) is 6.21 Å². The molecule has 1 heteroatoms. The van der Waals surface area contributed by atoms with Gasteiger partial charge in [0.05, 0.1) is 5.41 Å². The number of fused-ring (bicyclic) bond motifs is 6. The second-order valence-corrected chi connectivity index (χ2v) is 17.9. The topological polar surface area (TPSA) is 23.9 Å². The Bertz CT molecular complexity index is 3120. The lowest BCUT2D eigenvalue weighted by molar-refractivity contribution is 0.654. The highest BCUT2D eigenvalue weighted by molar-refractivity contribution is 6.02. The molecule has 9 aromatic rings. The second-order valence-electron chi connectivity index (χ2n) is 17.9. The fourth-order valence-corrected chi connectivity index (χ4v) is 10.9. The summed E-state index contributed by atoms with van der Waals surface area (Å²) in [6, 6.07) is 80.2. The van der Waals surface area contributed by atoms with Crippen molar-refractivity contribution in [1.29, 1.82) is 5.41 Å². The first-order valence-corrected chi connectivity index (χ1v) is 22.3. The van der Waals surface area contributed by atoms with Gasteiger partial charge < -0.3 is 5.41 Å². The van der Waals surface area contributed by atoms with Gasteiger partial charge in [0.15, 0.2) is 0 Å². The molecule has 0 radical (unpaired) electrons. The van der Waals surface area contributed by atoms with Gasteiger partial charge in [0.25, 0.3) is 0 Å². The minimum Gasteiger partial charge on any atom is -0.311 e. The molecule has 0 saturated heterocycles. The molecule has 9 aromatic carbocycles. The molecule has 0 amide bonds. The van der Waals surface area contributed by atoms with Gasteiger partial charge in [-0.3, -0.25) is 0 Å². The maximum Gasteiger partial charge on any atom is 0.0809 e. The third-order valence-electron chi connectivity index (χ3n) is 14.2. The zero-order valence-electron chi connectivity index (χ0n) is 35.9. The third-order valence-corrected chi connectivity index (χ3v) is 14.2. The Morgan fingerprint density at radius 2 is 0.952 bits per heavy atom. The molecule has 0 aliphatic heterocycles. The normalized spacial score (nSPS) is 15.8. The van der Waals surface area contributed by atoms with E-state index in [1.807, 2.05) is 0 Å². The van der Waals surface area contributed by atoms with Crippen LogP contribution in [0.15, 0.2) is 218 Å². The van der Waals surface area contributed by atoms with Crippen LogP contribution in [0.2, 0.25) is 0 Å². The fourth-order valence-electron chi connectivity index (χ4n) is 10.9. The predicted molar refractivity (Wildman–Crippen MR) is 264 cm³/mol. The Hall–Kier alpha value is -7.35. The van der Waals surface area contributed by atoms with Crippen LogP contribution in [0.3, 0.4) is 0 Å². The minimum atomic E-state index is -0.698. The smallest absolute Gasteiger partial charge is 0.0809 e. The molecule has 0 heterocycles. The standard InChI is InChI=1S/C62H49N/c1-61(2)56-23-13-12-21-53(56)54-37-35-49(40-58(54)61)51(47-32-30-44(31-33-47)43-15-6-3-7-16-43)36-27-42-25-28-45(29-26-42)48-34-38-55-59(39-48)62(41-63,50-19-10-5-11-20-50)57-24-14-22-52(60(55)57)46-17-8-4-9-18-46/h3-26,28-35,37-41,51,63H,27,36H2,1-2H3/t51?,62-/m0/s1. The average molecular weight is 808 g/mol. The molecule has 0 fully saturated rings. The molecule has 2 atom stereocenters. The van der Waals surface area contributed by atoms with Crippen molar-refractivity contribution in [3.63, 3.8) is 0 Å². The van der Waals surface area contributed by atoms with Gasteiger partial charge in [-0.05, 0) is 119 Å². The summed E-state index contributed by atoms with van der Waals surface area (Å²) in [7, 11) is 0. The predicted octanol–water partition coefficient (Wildman–Crippen LogP) is 15.7. The highest BCUT2D eigenvalue weighted by atomic mass is 14.5. The lowest BCUT2D eigenvalue weighted by Gasteiger charge is -2.28. The van der Waals surface area contributed by atoms with E-state index in [0.717, 1.165) is 35.1 Å². The molecule has 0 bridgehead atoms. The maximum absolute atomic E-state index is 9.14. The molecule has 11 rings (SSSR count). The van der Waals surface area contributed by atoms with E-state index in [1.165, 1.54) is 77.9 Å². The largest absolute Gasteiger partial charge is 0.311 e. The highest BCUT2D eigenvalue weighted by Crippen LogP contribution is 2.55. The van der Waals surface area contributed by atoms with Gasteiger partial charge in [0.2, 0.25) is 0 Å². The summed E-state index contributed by atoms with van der Waals surface area (Å²) in [6.07, 6.45) is 3.62. The molecule has 302 valence electrons. The van der Waals surface area contributed by atoms with Gasteiger partial charge in [-0.25, -0.2) is 0 Å². The Morgan fingerprint density at radius 1 is 0.413 bits per heavy atom. The van der Waals surface area contributed by atoms with E-state index < -0.39 is 5.41 Å². The Labute approximate surface area is 371 Å². The number of aryl methyl sites for hydroxylation is 1. The number of rotatable bonds is 10. The lowest BCUT2D eigenvalue weighted by Crippen LogP contribution is -2.28. The minimum absolute atomic E-state index is 0.0521. The first kappa shape index (κ1) is 38.6. The molecule has 63 heavy (non-hydrogen) atoms. The number of benzene rings is 9. The highest BCUT2D eigenvalue weighted by Gasteiger charge is 2.44. The molecule has 0 spiro atoms. The zero-order valence-corrected chi connectivity index (χ0v) is 35.9. The van der Waals surface area contributed by atoms with Crippen LogP contribution < -0.4 is 0 Å². The van der Waals surface area contributed by atoms with Crippen molar-refractivity contribution >= 4 is 6.21 Å². The SMILES string of the molecule is CC1(C)c2ccccc2-c2ccc(C(CCc3ccc(-c4ccc5c(c4)[C@@](C=N)(c4ccccc4)c4cccc(-c6ccccc6)c4-5)cc3)c3ccc(-c4ccccc4)cc3)cc21. The molecule has 1 unspecified atom stereocenters. The first-order valence-electron chi connectivity index (χ1n) is 22.3. The van der Waals surface area contributed by atoms with Crippen LogP contribution in [-0.4, -0.2) is 6.21 Å². The van der Waals surface area contributed by atoms with Gasteiger partial charge in [-0.15, -0.1) is 0 Å². The van der Waals surface area contributed by atoms with E-state index in [-0.39, 0.29) is 11.3 Å². The summed E-state index contributed by atoms with van der Waals surface area (Å²) in [5, 5.41) is 9.14. The van der Waals surface area contributed by atoms with E-state index in [4.69, 9.17) is 5.41 Å². The summed E-state index contributed by atoms with van der Waals surface area (Å²) >= 11 is 0. The second kappa shape index (κ2) is 15.5. The van der Waals surface area contributed by atoms with Crippen LogP contribution in [-0.2, 0) is 17.3 Å². The fraction of sp³-hybridized carbons (Fsp3) is 0.113. The number of hydrogen-bond acceptors (Lipinski definition) is 1. The lowest BCUT2D eigenvalue weighted by atomic mass is 9.73. The van der Waals surface area contributed by atoms with Crippen molar-refractivity contribution in [1.82, 2.24) is 0 Å². The van der Waals surface area contributed by atoms with E-state index in [2.05, 4.69) is 232 Å². The van der Waals surface area contributed by atoms with Crippen molar-refractivity contribution in [3.05, 3.63) is 263 Å². The summed E-state index contributed by atoms with van der Waals surface area (Å²) < 4.78 is 0. The van der Waals surface area contributed by atoms with Gasteiger partial charge in [0, 0.05) is 17.5 Å². The Balaban J connectivity index is 0.928. The first-order chi connectivity index (χ1) is 30.9.